The molecule has 132 valence electrons. The summed E-state index contributed by atoms with van der Waals surface area (Å²) in [5.74, 6) is -3.60. The van der Waals surface area contributed by atoms with Gasteiger partial charge in [-0.15, -0.1) is 0 Å². The lowest BCUT2D eigenvalue weighted by Crippen LogP contribution is -2.48. The molecular weight excluding hydrogens is 318 g/mol. The van der Waals surface area contributed by atoms with Gasteiger partial charge < -0.3 is 10.6 Å². The van der Waals surface area contributed by atoms with E-state index in [0.717, 1.165) is 24.0 Å². The molecule has 1 aromatic carbocycles. The van der Waals surface area contributed by atoms with E-state index in [0.29, 0.717) is 25.2 Å². The molecule has 0 bridgehead atoms. The van der Waals surface area contributed by atoms with Gasteiger partial charge in [-0.3, -0.25) is 19.4 Å². The van der Waals surface area contributed by atoms with Crippen molar-refractivity contribution in [3.63, 3.8) is 0 Å². The molecule has 6 heteroatoms. The molecule has 2 N–H and O–H groups in total. The maximum absolute atomic E-state index is 13.0. The summed E-state index contributed by atoms with van der Waals surface area (Å²) in [6, 6.07) is 7.59. The van der Waals surface area contributed by atoms with Gasteiger partial charge in [0.1, 0.15) is 5.92 Å². The van der Waals surface area contributed by atoms with Gasteiger partial charge in [0.2, 0.25) is 11.7 Å². The first-order valence-corrected chi connectivity index (χ1v) is 8.60. The highest BCUT2D eigenvalue weighted by Gasteiger charge is 2.42. The highest BCUT2D eigenvalue weighted by atomic mass is 16.2. The molecule has 1 unspecified atom stereocenters. The summed E-state index contributed by atoms with van der Waals surface area (Å²) in [7, 11) is 0. The number of Topliss-reactive ketones (excluding diaryl/α,β-unsaturated/α-hetero) is 1. The molecular formula is C19H23N3O3. The molecule has 2 aliphatic heterocycles. The van der Waals surface area contributed by atoms with Gasteiger partial charge in [-0.1, -0.05) is 24.3 Å². The number of amides is 2. The second-order valence-corrected chi connectivity index (χ2v) is 7.34. The second-order valence-electron chi connectivity index (χ2n) is 7.34. The topological polar surface area (TPSA) is 92.8 Å². The number of nitrogens with two attached hydrogens (primary N) is 1. The lowest BCUT2D eigenvalue weighted by molar-refractivity contribution is -0.143. The van der Waals surface area contributed by atoms with Crippen molar-refractivity contribution in [2.75, 3.05) is 13.1 Å². The van der Waals surface area contributed by atoms with Gasteiger partial charge in [0.25, 0.3) is 5.91 Å². The minimum atomic E-state index is -1.25. The van der Waals surface area contributed by atoms with Gasteiger partial charge in [0.15, 0.2) is 0 Å². The van der Waals surface area contributed by atoms with E-state index in [9.17, 15) is 14.4 Å². The maximum Gasteiger partial charge on any atom is 0.286 e. The van der Waals surface area contributed by atoms with Crippen LogP contribution in [0.4, 0.5) is 0 Å². The number of nitrogens with zero attached hydrogens (tertiary/aromatic N) is 2. The Hall–Kier alpha value is -2.50. The number of aliphatic imine (C=N–C) groups is 1. The number of fused-ring (bicyclic) bond motifs is 1. The number of primary amides is 1. The van der Waals surface area contributed by atoms with Crippen LogP contribution in [-0.4, -0.2) is 46.8 Å². The summed E-state index contributed by atoms with van der Waals surface area (Å²) in [5, 5.41) is 0. The van der Waals surface area contributed by atoms with Crippen molar-refractivity contribution in [2.24, 2.45) is 16.6 Å². The normalized spacial score (nSPS) is 19.8. The first-order valence-electron chi connectivity index (χ1n) is 8.60. The summed E-state index contributed by atoms with van der Waals surface area (Å²) in [6.45, 7) is 5.10. The fourth-order valence-corrected chi connectivity index (χ4v) is 3.65. The van der Waals surface area contributed by atoms with E-state index in [4.69, 9.17) is 10.7 Å². The Morgan fingerprint density at radius 3 is 2.44 bits per heavy atom. The van der Waals surface area contributed by atoms with Crippen LogP contribution in [0.5, 0.6) is 0 Å². The van der Waals surface area contributed by atoms with Gasteiger partial charge in [-0.2, -0.15) is 0 Å². The summed E-state index contributed by atoms with van der Waals surface area (Å²) in [4.78, 5) is 43.5. The van der Waals surface area contributed by atoms with Crippen LogP contribution in [0.3, 0.4) is 0 Å². The minimum Gasteiger partial charge on any atom is -0.363 e. The molecule has 25 heavy (non-hydrogen) atoms. The van der Waals surface area contributed by atoms with Crippen molar-refractivity contribution in [3.05, 3.63) is 35.4 Å². The predicted octanol–water partition coefficient (Wildman–Crippen LogP) is 1.10. The smallest absolute Gasteiger partial charge is 0.286 e. The molecule has 1 fully saturated rings. The van der Waals surface area contributed by atoms with E-state index >= 15 is 0 Å². The number of carbonyl (C=O) groups is 3. The molecule has 0 aliphatic carbocycles. The molecule has 1 atom stereocenters. The van der Waals surface area contributed by atoms with E-state index in [1.165, 1.54) is 0 Å². The van der Waals surface area contributed by atoms with Gasteiger partial charge in [0.05, 0.1) is 11.3 Å². The van der Waals surface area contributed by atoms with Crippen LogP contribution in [0.1, 0.15) is 37.8 Å². The number of ketones is 1. The van der Waals surface area contributed by atoms with Crippen molar-refractivity contribution in [2.45, 2.75) is 38.6 Å². The Morgan fingerprint density at radius 2 is 1.80 bits per heavy atom. The molecule has 3 rings (SSSR count). The van der Waals surface area contributed by atoms with E-state index in [1.54, 1.807) is 4.90 Å². The highest BCUT2D eigenvalue weighted by molar-refractivity contribution is 6.46. The number of hydrogen-bond acceptors (Lipinski definition) is 4. The zero-order valence-corrected chi connectivity index (χ0v) is 14.6. The number of carbonyl (C=O) groups excluding carboxylic acids is 3. The minimum absolute atomic E-state index is 0.368. The maximum atomic E-state index is 13.0. The van der Waals surface area contributed by atoms with Crippen LogP contribution >= 0.6 is 0 Å². The predicted molar refractivity (Wildman–Crippen MR) is 94.3 cm³/mol. The third kappa shape index (κ3) is 3.34. The zero-order valence-electron chi connectivity index (χ0n) is 14.6. The zero-order chi connectivity index (χ0) is 18.2. The van der Waals surface area contributed by atoms with E-state index in [-0.39, 0.29) is 5.91 Å². The van der Waals surface area contributed by atoms with Crippen molar-refractivity contribution >= 4 is 23.3 Å². The number of benzene rings is 1. The van der Waals surface area contributed by atoms with E-state index in [1.807, 2.05) is 38.1 Å². The van der Waals surface area contributed by atoms with Crippen LogP contribution in [0.25, 0.3) is 0 Å². The van der Waals surface area contributed by atoms with Gasteiger partial charge in [-0.05, 0) is 38.7 Å². The molecule has 6 nitrogen and oxygen atoms in total. The van der Waals surface area contributed by atoms with Crippen LogP contribution in [0.15, 0.2) is 29.3 Å². The SMILES string of the molecule is CC1(C)Cc2ccccc2C(C(C(=O)C(N)=O)C(=O)N2CCCC2)=N1. The summed E-state index contributed by atoms with van der Waals surface area (Å²) < 4.78 is 0. The molecule has 0 saturated carbocycles. The summed E-state index contributed by atoms with van der Waals surface area (Å²) in [5.41, 5.74) is 6.95. The molecule has 1 aromatic rings. The van der Waals surface area contributed by atoms with Crippen LogP contribution in [0, 0.1) is 5.92 Å². The largest absolute Gasteiger partial charge is 0.363 e. The van der Waals surface area contributed by atoms with Crippen molar-refractivity contribution in [1.29, 1.82) is 0 Å². The van der Waals surface area contributed by atoms with Crippen molar-refractivity contribution < 1.29 is 14.4 Å². The number of rotatable bonds is 4. The standard InChI is InChI=1S/C19H23N3O3/c1-19(2)11-12-7-3-4-8-13(12)15(21-19)14(16(23)17(20)24)18(25)22-9-5-6-10-22/h3-4,7-8,14H,5-6,9-11H2,1-2H3,(H2,20,24). The Morgan fingerprint density at radius 1 is 1.16 bits per heavy atom. The second kappa shape index (κ2) is 6.43. The average molecular weight is 341 g/mol. The molecule has 2 amide bonds. The van der Waals surface area contributed by atoms with E-state index in [2.05, 4.69) is 0 Å². The fraction of sp³-hybridized carbons (Fsp3) is 0.474. The third-order valence-corrected chi connectivity index (χ3v) is 4.78. The summed E-state index contributed by atoms with van der Waals surface area (Å²) >= 11 is 0. The summed E-state index contributed by atoms with van der Waals surface area (Å²) in [6.07, 6.45) is 2.51. The first-order chi connectivity index (χ1) is 11.8. The lowest BCUT2D eigenvalue weighted by atomic mass is 9.81. The molecule has 0 spiro atoms. The monoisotopic (exact) mass is 341 g/mol. The van der Waals surface area contributed by atoms with E-state index < -0.39 is 23.1 Å². The Kier molecular flexibility index (Phi) is 4.45. The number of likely N-dealkylation sites (tertiary alicyclic amines) is 1. The van der Waals surface area contributed by atoms with Gasteiger partial charge in [0, 0.05) is 18.7 Å². The van der Waals surface area contributed by atoms with Crippen molar-refractivity contribution in [1.82, 2.24) is 4.90 Å². The average Bonchev–Trinajstić information content (AvgIpc) is 3.08. The van der Waals surface area contributed by atoms with Crippen molar-refractivity contribution in [3.8, 4) is 0 Å². The van der Waals surface area contributed by atoms with Gasteiger partial charge in [-0.25, -0.2) is 0 Å². The Labute approximate surface area is 147 Å². The molecule has 2 heterocycles. The molecule has 0 radical (unpaired) electrons. The van der Waals surface area contributed by atoms with Crippen LogP contribution in [0.2, 0.25) is 0 Å². The number of hydrogen-bond donors (Lipinski definition) is 1. The lowest BCUT2D eigenvalue weighted by Gasteiger charge is -2.32. The van der Waals surface area contributed by atoms with Crippen LogP contribution in [-0.2, 0) is 20.8 Å². The molecule has 2 aliphatic rings. The van der Waals surface area contributed by atoms with Gasteiger partial charge >= 0.3 is 0 Å². The molecule has 0 aromatic heterocycles. The first kappa shape index (κ1) is 17.3. The highest BCUT2D eigenvalue weighted by Crippen LogP contribution is 2.30. The van der Waals surface area contributed by atoms with Crippen LogP contribution < -0.4 is 5.73 Å². The Bertz CT molecular complexity index is 761. The fourth-order valence-electron chi connectivity index (χ4n) is 3.65. The molecule has 1 saturated heterocycles. The third-order valence-electron chi connectivity index (χ3n) is 4.78. The Balaban J connectivity index is 2.11. The quantitative estimate of drug-likeness (QED) is 0.656.